The summed E-state index contributed by atoms with van der Waals surface area (Å²) in [6, 6.07) is 18.6. The minimum absolute atomic E-state index is 0.00196. The highest BCUT2D eigenvalue weighted by atomic mass is 32.1. The van der Waals surface area contributed by atoms with Gasteiger partial charge in [-0.05, 0) is 29.1 Å². The highest BCUT2D eigenvalue weighted by Gasteiger charge is 2.32. The van der Waals surface area contributed by atoms with Gasteiger partial charge in [0.05, 0.1) is 34.4 Å². The summed E-state index contributed by atoms with van der Waals surface area (Å²) < 4.78 is 5.30. The second kappa shape index (κ2) is 8.52. The minimum atomic E-state index is -0.394. The number of hydrogen-bond donors (Lipinski definition) is 0. The number of non-ortho nitro benzene ring substituents is 1. The third-order valence-electron chi connectivity index (χ3n) is 5.26. The zero-order chi connectivity index (χ0) is 22.1. The molecule has 0 spiro atoms. The normalized spacial score (nSPS) is 15.6. The predicted molar refractivity (Wildman–Crippen MR) is 128 cm³/mol. The Balaban J connectivity index is 1.51. The van der Waals surface area contributed by atoms with Crippen LogP contribution in [0.25, 0.3) is 11.3 Å². The zero-order valence-electron chi connectivity index (χ0n) is 17.0. The summed E-state index contributed by atoms with van der Waals surface area (Å²) in [6.07, 6.45) is 0.762. The monoisotopic (exact) mass is 462 g/mol. The van der Waals surface area contributed by atoms with E-state index < -0.39 is 4.92 Å². The van der Waals surface area contributed by atoms with E-state index in [1.807, 2.05) is 40.0 Å². The minimum Gasteiger partial charge on any atom is -0.497 e. The summed E-state index contributed by atoms with van der Waals surface area (Å²) in [6.45, 7) is 0. The van der Waals surface area contributed by atoms with E-state index in [-0.39, 0.29) is 11.7 Å². The molecule has 0 radical (unpaired) electrons. The van der Waals surface area contributed by atoms with Crippen molar-refractivity contribution < 1.29 is 9.66 Å². The Morgan fingerprint density at radius 1 is 1.12 bits per heavy atom. The second-order valence-electron chi connectivity index (χ2n) is 7.18. The van der Waals surface area contributed by atoms with Crippen molar-refractivity contribution in [1.82, 2.24) is 4.98 Å². The molecule has 0 saturated heterocycles. The van der Waals surface area contributed by atoms with Crippen molar-refractivity contribution >= 4 is 39.2 Å². The van der Waals surface area contributed by atoms with Gasteiger partial charge in [0.15, 0.2) is 0 Å². The first-order valence-electron chi connectivity index (χ1n) is 9.87. The van der Waals surface area contributed by atoms with Crippen LogP contribution >= 0.6 is 22.7 Å². The Bertz CT molecular complexity index is 1280. The molecule has 3 heterocycles. The van der Waals surface area contributed by atoms with E-state index in [2.05, 4.69) is 18.2 Å². The number of thiazole rings is 1. The maximum atomic E-state index is 11.1. The van der Waals surface area contributed by atoms with Crippen LogP contribution in [-0.2, 0) is 0 Å². The maximum absolute atomic E-state index is 11.1. The van der Waals surface area contributed by atoms with Crippen LogP contribution in [-0.4, -0.2) is 22.7 Å². The Morgan fingerprint density at radius 3 is 2.69 bits per heavy atom. The number of nitro groups is 1. The lowest BCUT2D eigenvalue weighted by Gasteiger charge is -2.21. The molecule has 160 valence electrons. The lowest BCUT2D eigenvalue weighted by Crippen LogP contribution is -2.18. The quantitative estimate of drug-likeness (QED) is 0.254. The van der Waals surface area contributed by atoms with Crippen molar-refractivity contribution in [3.8, 4) is 17.0 Å². The molecule has 0 unspecified atom stereocenters. The fourth-order valence-electron chi connectivity index (χ4n) is 3.64. The van der Waals surface area contributed by atoms with Crippen molar-refractivity contribution in [3.63, 3.8) is 0 Å². The van der Waals surface area contributed by atoms with Gasteiger partial charge in [0, 0.05) is 29.5 Å². The smallest absolute Gasteiger partial charge is 0.270 e. The summed E-state index contributed by atoms with van der Waals surface area (Å²) in [4.78, 5) is 16.7. The molecule has 0 aliphatic carbocycles. The number of nitro benzene ring substituents is 1. The number of hydrogen-bond acceptors (Lipinski definition) is 8. The van der Waals surface area contributed by atoms with Gasteiger partial charge in [0.1, 0.15) is 5.75 Å². The van der Waals surface area contributed by atoms with Crippen LogP contribution in [0.15, 0.2) is 76.5 Å². The number of rotatable bonds is 6. The predicted octanol–water partition coefficient (Wildman–Crippen LogP) is 6.14. The molecular weight excluding hydrogens is 444 g/mol. The number of methoxy groups -OCH3 is 1. The average Bonchev–Trinajstić information content (AvgIpc) is 3.59. The van der Waals surface area contributed by atoms with Crippen LogP contribution < -0.4 is 9.75 Å². The number of hydrazone groups is 1. The first kappa shape index (κ1) is 20.3. The molecule has 7 nitrogen and oxygen atoms in total. The summed E-state index contributed by atoms with van der Waals surface area (Å²) >= 11 is 3.15. The van der Waals surface area contributed by atoms with Crippen LogP contribution in [0.3, 0.4) is 0 Å². The molecule has 4 aromatic rings. The van der Waals surface area contributed by atoms with Gasteiger partial charge in [-0.15, -0.1) is 22.7 Å². The van der Waals surface area contributed by atoms with E-state index in [0.717, 1.165) is 33.5 Å². The van der Waals surface area contributed by atoms with Gasteiger partial charge in [-0.1, -0.05) is 30.3 Å². The van der Waals surface area contributed by atoms with Gasteiger partial charge in [-0.2, -0.15) is 5.10 Å². The van der Waals surface area contributed by atoms with E-state index in [9.17, 15) is 10.1 Å². The lowest BCUT2D eigenvalue weighted by atomic mass is 10.0. The SMILES string of the molecule is COc1ccc([C@@H]2CC(c3cccs3)=NN2c2nc(-c3cccc([N+](=O)[O-])c3)cs2)cc1. The fraction of sp³-hybridized carbons (Fsp3) is 0.130. The van der Waals surface area contributed by atoms with E-state index in [0.29, 0.717) is 11.3 Å². The van der Waals surface area contributed by atoms with Gasteiger partial charge in [-0.25, -0.2) is 9.99 Å². The molecule has 32 heavy (non-hydrogen) atoms. The molecule has 2 aromatic heterocycles. The Labute approximate surface area is 192 Å². The van der Waals surface area contributed by atoms with Crippen LogP contribution in [0.2, 0.25) is 0 Å². The number of anilines is 1. The van der Waals surface area contributed by atoms with E-state index >= 15 is 0 Å². The number of aromatic nitrogens is 1. The van der Waals surface area contributed by atoms with Crippen molar-refractivity contribution in [1.29, 1.82) is 0 Å². The number of benzene rings is 2. The second-order valence-corrected chi connectivity index (χ2v) is 8.97. The first-order valence-corrected chi connectivity index (χ1v) is 11.6. The van der Waals surface area contributed by atoms with Gasteiger partial charge in [-0.3, -0.25) is 10.1 Å². The largest absolute Gasteiger partial charge is 0.497 e. The van der Waals surface area contributed by atoms with Crippen molar-refractivity contribution in [2.45, 2.75) is 12.5 Å². The van der Waals surface area contributed by atoms with Crippen molar-refractivity contribution in [2.75, 3.05) is 12.1 Å². The van der Waals surface area contributed by atoms with Crippen LogP contribution in [0.4, 0.5) is 10.8 Å². The molecular formula is C23H18N4O3S2. The molecule has 0 bridgehead atoms. The van der Waals surface area contributed by atoms with Gasteiger partial charge >= 0.3 is 0 Å². The molecule has 9 heteroatoms. The molecule has 1 aliphatic rings. The average molecular weight is 463 g/mol. The van der Waals surface area contributed by atoms with Crippen molar-refractivity contribution in [2.24, 2.45) is 5.10 Å². The Morgan fingerprint density at radius 2 is 1.97 bits per heavy atom. The third kappa shape index (κ3) is 3.88. The molecule has 1 atom stereocenters. The van der Waals surface area contributed by atoms with Gasteiger partial charge in [0.2, 0.25) is 5.13 Å². The summed E-state index contributed by atoms with van der Waals surface area (Å²) in [5.74, 6) is 0.805. The Hall–Kier alpha value is -3.56. The molecule has 0 saturated carbocycles. The lowest BCUT2D eigenvalue weighted by molar-refractivity contribution is -0.384. The molecule has 0 fully saturated rings. The zero-order valence-corrected chi connectivity index (χ0v) is 18.7. The molecule has 0 N–H and O–H groups in total. The topological polar surface area (TPSA) is 80.9 Å². The van der Waals surface area contributed by atoms with Crippen LogP contribution in [0, 0.1) is 10.1 Å². The highest BCUT2D eigenvalue weighted by molar-refractivity contribution is 7.14. The highest BCUT2D eigenvalue weighted by Crippen LogP contribution is 2.40. The summed E-state index contributed by atoms with van der Waals surface area (Å²) in [5.41, 5.74) is 3.60. The third-order valence-corrected chi connectivity index (χ3v) is 7.01. The van der Waals surface area contributed by atoms with Crippen molar-refractivity contribution in [3.05, 3.63) is 92.0 Å². The molecule has 0 amide bonds. The molecule has 5 rings (SSSR count). The maximum Gasteiger partial charge on any atom is 0.270 e. The standard InChI is InChI=1S/C23H18N4O3S2/c1-30-18-9-7-15(8-10-18)21-13-19(22-6-3-11-31-22)25-26(21)23-24-20(14-32-23)16-4-2-5-17(12-16)27(28)29/h2-12,14,21H,13H2,1H3/t21-/m0/s1. The molecule has 2 aromatic carbocycles. The first-order chi connectivity index (χ1) is 15.6. The number of ether oxygens (including phenoxy) is 1. The molecule has 1 aliphatic heterocycles. The summed E-state index contributed by atoms with van der Waals surface area (Å²) in [7, 11) is 1.65. The number of thiophene rings is 1. The fourth-order valence-corrected chi connectivity index (χ4v) is 5.20. The van der Waals surface area contributed by atoms with Gasteiger partial charge < -0.3 is 4.74 Å². The van der Waals surface area contributed by atoms with Gasteiger partial charge in [0.25, 0.3) is 5.69 Å². The van der Waals surface area contributed by atoms with E-state index in [1.54, 1.807) is 30.6 Å². The Kier molecular flexibility index (Phi) is 5.42. The van der Waals surface area contributed by atoms with Crippen LogP contribution in [0.1, 0.15) is 22.9 Å². The van der Waals surface area contributed by atoms with E-state index in [1.165, 1.54) is 17.4 Å². The number of nitrogens with zero attached hydrogens (tertiary/aromatic N) is 4. The van der Waals surface area contributed by atoms with E-state index in [4.69, 9.17) is 14.8 Å². The summed E-state index contributed by atoms with van der Waals surface area (Å²) in [5, 5.41) is 22.7. The van der Waals surface area contributed by atoms with Crippen LogP contribution in [0.5, 0.6) is 5.75 Å².